The second kappa shape index (κ2) is 8.86. The Morgan fingerprint density at radius 1 is 1.22 bits per heavy atom. The van der Waals surface area contributed by atoms with Gasteiger partial charge in [-0.2, -0.15) is 5.48 Å². The Kier molecular flexibility index (Phi) is 6.38. The van der Waals surface area contributed by atoms with Crippen molar-refractivity contribution >= 4 is 23.2 Å². The van der Waals surface area contributed by atoms with E-state index in [1.54, 1.807) is 20.2 Å². The number of phenolic OH excluding ortho intramolecular Hbond substituents is 1. The van der Waals surface area contributed by atoms with Crippen LogP contribution in [0.5, 0.6) is 5.75 Å². The van der Waals surface area contributed by atoms with E-state index in [9.17, 15) is 34.8 Å². The molecule has 3 aliphatic carbocycles. The maximum atomic E-state index is 13.8. The van der Waals surface area contributed by atoms with Crippen LogP contribution in [0, 0.1) is 11.8 Å². The number of benzene rings is 1. The molecule has 0 aromatic heterocycles. The molecular formula is C26H33N3O8. The summed E-state index contributed by atoms with van der Waals surface area (Å²) in [5.41, 5.74) is 5.56. The van der Waals surface area contributed by atoms with E-state index in [0.717, 1.165) is 0 Å². The van der Waals surface area contributed by atoms with Gasteiger partial charge in [0.1, 0.15) is 22.8 Å². The van der Waals surface area contributed by atoms with Gasteiger partial charge in [-0.1, -0.05) is 0 Å². The lowest BCUT2D eigenvalue weighted by Crippen LogP contribution is -2.57. The first-order valence-corrected chi connectivity index (χ1v) is 12.0. The van der Waals surface area contributed by atoms with E-state index < -0.39 is 57.6 Å². The van der Waals surface area contributed by atoms with E-state index in [1.807, 2.05) is 25.7 Å². The zero-order valence-corrected chi connectivity index (χ0v) is 21.5. The van der Waals surface area contributed by atoms with Crippen LogP contribution in [0.3, 0.4) is 0 Å². The SMILES string of the molecule is CN(C)c1cc(CNOC(C)(C)C)c(O)c2c1C[C@H]1C[C@H]3CC(O)=C(C(N)=O)C(=O)[C@@]3(O)C(O)=C1C2=O. The molecule has 1 aromatic rings. The fourth-order valence-corrected chi connectivity index (χ4v) is 5.59. The van der Waals surface area contributed by atoms with Crippen LogP contribution >= 0.6 is 0 Å². The fourth-order valence-electron chi connectivity index (χ4n) is 5.59. The monoisotopic (exact) mass is 515 g/mol. The minimum atomic E-state index is -2.59. The van der Waals surface area contributed by atoms with Gasteiger partial charge in [0.25, 0.3) is 5.91 Å². The number of anilines is 1. The average molecular weight is 516 g/mol. The number of nitrogens with zero attached hydrogens (tertiary/aromatic N) is 1. The molecule has 1 amide bonds. The van der Waals surface area contributed by atoms with Gasteiger partial charge in [0.15, 0.2) is 11.4 Å². The number of nitrogens with two attached hydrogens (primary N) is 1. The molecule has 4 rings (SSSR count). The zero-order valence-electron chi connectivity index (χ0n) is 21.5. The van der Waals surface area contributed by atoms with Gasteiger partial charge in [-0.05, 0) is 51.2 Å². The lowest BCUT2D eigenvalue weighted by molar-refractivity contribution is -0.144. The number of fused-ring (bicyclic) bond motifs is 3. The van der Waals surface area contributed by atoms with E-state index >= 15 is 0 Å². The highest BCUT2D eigenvalue weighted by Crippen LogP contribution is 2.52. The largest absolute Gasteiger partial charge is 0.511 e. The Bertz CT molecular complexity index is 1270. The van der Waals surface area contributed by atoms with Crippen molar-refractivity contribution in [3.63, 3.8) is 0 Å². The van der Waals surface area contributed by atoms with Crippen LogP contribution < -0.4 is 16.1 Å². The first kappa shape index (κ1) is 26.6. The summed E-state index contributed by atoms with van der Waals surface area (Å²) in [5.74, 6) is -6.48. The Morgan fingerprint density at radius 3 is 2.43 bits per heavy atom. The molecule has 0 fully saturated rings. The van der Waals surface area contributed by atoms with Crippen LogP contribution in [-0.4, -0.2) is 63.2 Å². The second-order valence-corrected chi connectivity index (χ2v) is 11.1. The van der Waals surface area contributed by atoms with Crippen molar-refractivity contribution in [1.29, 1.82) is 0 Å². The molecule has 0 radical (unpaired) electrons. The van der Waals surface area contributed by atoms with E-state index in [4.69, 9.17) is 10.6 Å². The highest BCUT2D eigenvalue weighted by Gasteiger charge is 2.59. The molecule has 37 heavy (non-hydrogen) atoms. The lowest BCUT2D eigenvalue weighted by atomic mass is 9.60. The number of hydrogen-bond donors (Lipinski definition) is 6. The molecule has 1 aromatic carbocycles. The maximum absolute atomic E-state index is 13.8. The van der Waals surface area contributed by atoms with Crippen molar-refractivity contribution < 1.29 is 39.6 Å². The van der Waals surface area contributed by atoms with E-state index in [2.05, 4.69) is 5.48 Å². The quantitative estimate of drug-likeness (QED) is 0.248. The third-order valence-corrected chi connectivity index (χ3v) is 7.24. The number of rotatable bonds is 5. The van der Waals surface area contributed by atoms with E-state index in [-0.39, 0.29) is 42.7 Å². The van der Waals surface area contributed by atoms with Crippen LogP contribution in [0.2, 0.25) is 0 Å². The van der Waals surface area contributed by atoms with Crippen molar-refractivity contribution in [2.45, 2.75) is 57.8 Å². The summed E-state index contributed by atoms with van der Waals surface area (Å²) in [6, 6.07) is 1.76. The predicted octanol–water partition coefficient (Wildman–Crippen LogP) is 1.47. The fraction of sp³-hybridized carbons (Fsp3) is 0.500. The number of amides is 1. The van der Waals surface area contributed by atoms with Crippen LogP contribution in [0.15, 0.2) is 28.7 Å². The predicted molar refractivity (Wildman–Crippen MR) is 133 cm³/mol. The molecule has 200 valence electrons. The van der Waals surface area contributed by atoms with Gasteiger partial charge in [-0.25, -0.2) is 0 Å². The number of primary amides is 1. The molecule has 0 saturated heterocycles. The van der Waals surface area contributed by atoms with Gasteiger partial charge >= 0.3 is 0 Å². The molecule has 11 heteroatoms. The second-order valence-electron chi connectivity index (χ2n) is 11.1. The zero-order chi connectivity index (χ0) is 27.6. The summed E-state index contributed by atoms with van der Waals surface area (Å²) >= 11 is 0. The number of aromatic hydroxyl groups is 1. The number of carbonyl (C=O) groups excluding carboxylic acids is 3. The van der Waals surface area contributed by atoms with E-state index in [0.29, 0.717) is 16.8 Å². The number of nitrogens with one attached hydrogen (secondary N) is 1. The molecule has 0 bridgehead atoms. The van der Waals surface area contributed by atoms with E-state index in [1.165, 1.54) is 0 Å². The van der Waals surface area contributed by atoms with Crippen molar-refractivity contribution in [1.82, 2.24) is 5.48 Å². The number of phenols is 1. The number of allylic oxidation sites excluding steroid dienone is 2. The molecule has 0 aliphatic heterocycles. The number of carbonyl (C=O) groups is 3. The van der Waals surface area contributed by atoms with Crippen LogP contribution in [0.4, 0.5) is 5.69 Å². The van der Waals surface area contributed by atoms with Gasteiger partial charge in [-0.15, -0.1) is 0 Å². The minimum Gasteiger partial charge on any atom is -0.511 e. The molecular weight excluding hydrogens is 482 g/mol. The summed E-state index contributed by atoms with van der Waals surface area (Å²) in [6.45, 7) is 5.63. The Morgan fingerprint density at radius 2 is 1.86 bits per heavy atom. The van der Waals surface area contributed by atoms with Gasteiger partial charge in [0.05, 0.1) is 11.2 Å². The molecule has 3 atom stereocenters. The average Bonchev–Trinajstić information content (AvgIpc) is 2.76. The third kappa shape index (κ3) is 4.16. The number of ketones is 2. The molecule has 11 nitrogen and oxygen atoms in total. The molecule has 0 saturated carbocycles. The van der Waals surface area contributed by atoms with Crippen LogP contribution in [0.1, 0.15) is 55.1 Å². The normalized spacial score (nSPS) is 25.6. The highest BCUT2D eigenvalue weighted by molar-refractivity contribution is 6.24. The molecule has 0 spiro atoms. The minimum absolute atomic E-state index is 0.0321. The van der Waals surface area contributed by atoms with Crippen LogP contribution in [-0.2, 0) is 27.4 Å². The number of Topliss-reactive ketones (excluding diaryl/α,β-unsaturated/α-hetero) is 2. The molecule has 0 heterocycles. The Hall–Kier alpha value is -3.41. The Balaban J connectivity index is 1.84. The molecule has 3 aliphatic rings. The standard InChI is InChI=1S/C26H33N3O8/c1-25(2,3)37-28-10-12-8-15(29(4)5)14-7-11-6-13-9-16(30)19(24(27)35)23(34)26(13,36)22(33)17(11)21(32)18(14)20(12)31/h8,11,13,28,30-31,33,36H,6-7,9-10H2,1-5H3,(H2,27,35)/t11-,13+,26+/m1/s1. The van der Waals surface area contributed by atoms with Gasteiger partial charge < -0.3 is 31.1 Å². The number of hydrogen-bond acceptors (Lipinski definition) is 10. The highest BCUT2D eigenvalue weighted by atomic mass is 16.7. The van der Waals surface area contributed by atoms with Crippen molar-refractivity contribution in [3.8, 4) is 5.75 Å². The summed E-state index contributed by atoms with van der Waals surface area (Å²) in [7, 11) is 3.60. The van der Waals surface area contributed by atoms with Crippen molar-refractivity contribution in [2.75, 3.05) is 19.0 Å². The summed E-state index contributed by atoms with van der Waals surface area (Å²) < 4.78 is 0. The lowest BCUT2D eigenvalue weighted by Gasteiger charge is -2.46. The van der Waals surface area contributed by atoms with Crippen molar-refractivity contribution in [3.05, 3.63) is 45.4 Å². The van der Waals surface area contributed by atoms with Gasteiger partial charge in [0, 0.05) is 49.8 Å². The smallest absolute Gasteiger partial charge is 0.255 e. The Labute approximate surface area is 214 Å². The number of aliphatic hydroxyl groups excluding tert-OH is 2. The first-order chi connectivity index (χ1) is 17.1. The van der Waals surface area contributed by atoms with Gasteiger partial charge in [0.2, 0.25) is 5.78 Å². The first-order valence-electron chi connectivity index (χ1n) is 12.0. The number of aliphatic hydroxyl groups is 3. The summed E-state index contributed by atoms with van der Waals surface area (Å²) in [5, 5.41) is 44.0. The topological polar surface area (TPSA) is 183 Å². The maximum Gasteiger partial charge on any atom is 0.255 e. The van der Waals surface area contributed by atoms with Crippen molar-refractivity contribution in [2.24, 2.45) is 17.6 Å². The summed E-state index contributed by atoms with van der Waals surface area (Å²) in [4.78, 5) is 46.1. The number of hydroxylamine groups is 1. The van der Waals surface area contributed by atoms with Gasteiger partial charge in [-0.3, -0.25) is 19.2 Å². The molecule has 7 N–H and O–H groups in total. The summed E-state index contributed by atoms with van der Waals surface area (Å²) in [6.07, 6.45) is 0.0561. The third-order valence-electron chi connectivity index (χ3n) is 7.24. The molecule has 0 unspecified atom stereocenters. The van der Waals surface area contributed by atoms with Crippen LogP contribution in [0.25, 0.3) is 0 Å².